The third-order valence-electron chi connectivity index (χ3n) is 13.2. The average Bonchev–Trinajstić information content (AvgIpc) is 2.74. The second-order valence-electron chi connectivity index (χ2n) is 14.5. The molecule has 0 aromatic rings. The average molecular weight is 471 g/mol. The van der Waals surface area contributed by atoms with Crippen molar-refractivity contribution >= 4 is 11.8 Å². The van der Waals surface area contributed by atoms with Gasteiger partial charge in [0.15, 0.2) is 0 Å². The first-order chi connectivity index (χ1) is 15.6. The van der Waals surface area contributed by atoms with Crippen LogP contribution in [0.4, 0.5) is 0 Å². The Morgan fingerprint density at radius 3 is 2.29 bits per heavy atom. The molecule has 4 nitrogen and oxygen atoms in total. The number of carbonyl (C=O) groups excluding carboxylic acids is 1. The highest BCUT2D eigenvalue weighted by Gasteiger charge is 2.69. The van der Waals surface area contributed by atoms with Gasteiger partial charge >= 0.3 is 5.97 Å². The number of carboxylic acid groups (broad SMARTS) is 1. The summed E-state index contributed by atoms with van der Waals surface area (Å²) in [6, 6.07) is 0. The molecule has 0 spiro atoms. The van der Waals surface area contributed by atoms with Gasteiger partial charge in [0.25, 0.3) is 0 Å². The van der Waals surface area contributed by atoms with Crippen LogP contribution in [-0.2, 0) is 9.59 Å². The first-order valence-corrected chi connectivity index (χ1v) is 13.8. The quantitative estimate of drug-likeness (QED) is 0.443. The Kier molecular flexibility index (Phi) is 5.20. The summed E-state index contributed by atoms with van der Waals surface area (Å²) in [5.41, 5.74) is 1.24. The van der Waals surface area contributed by atoms with Crippen molar-refractivity contribution in [3.63, 3.8) is 0 Å². The molecule has 5 aliphatic carbocycles. The molecule has 0 aromatic heterocycles. The van der Waals surface area contributed by atoms with E-state index >= 15 is 0 Å². The van der Waals surface area contributed by atoms with E-state index in [1.54, 1.807) is 0 Å². The minimum Gasteiger partial charge on any atom is -0.481 e. The van der Waals surface area contributed by atoms with Crippen LogP contribution < -0.4 is 0 Å². The number of aliphatic hydroxyl groups is 1. The topological polar surface area (TPSA) is 74.6 Å². The molecule has 0 amide bonds. The minimum absolute atomic E-state index is 0.00798. The molecule has 190 valence electrons. The molecular weight excluding hydrogens is 424 g/mol. The molecule has 4 saturated carbocycles. The Morgan fingerprint density at radius 1 is 0.971 bits per heavy atom. The van der Waals surface area contributed by atoms with Crippen LogP contribution in [0.25, 0.3) is 0 Å². The van der Waals surface area contributed by atoms with Gasteiger partial charge in [-0.05, 0) is 84.9 Å². The van der Waals surface area contributed by atoms with Gasteiger partial charge in [-0.2, -0.15) is 0 Å². The fraction of sp³-hybridized carbons (Fsp3) is 0.867. The second kappa shape index (κ2) is 7.20. The van der Waals surface area contributed by atoms with Gasteiger partial charge in [-0.3, -0.25) is 9.59 Å². The van der Waals surface area contributed by atoms with Crippen molar-refractivity contribution in [2.75, 3.05) is 0 Å². The summed E-state index contributed by atoms with van der Waals surface area (Å²) in [7, 11) is 0. The maximum absolute atomic E-state index is 12.9. The third kappa shape index (κ3) is 2.75. The van der Waals surface area contributed by atoms with Crippen LogP contribution >= 0.6 is 0 Å². The van der Waals surface area contributed by atoms with Crippen molar-refractivity contribution in [2.45, 2.75) is 106 Å². The van der Waals surface area contributed by atoms with Crippen molar-refractivity contribution in [1.29, 1.82) is 0 Å². The molecule has 10 atom stereocenters. The van der Waals surface area contributed by atoms with Gasteiger partial charge in [0.1, 0.15) is 5.78 Å². The van der Waals surface area contributed by atoms with E-state index in [-0.39, 0.29) is 38.9 Å². The van der Waals surface area contributed by atoms with E-state index < -0.39 is 18.0 Å². The minimum atomic E-state index is -0.761. The summed E-state index contributed by atoms with van der Waals surface area (Å²) in [4.78, 5) is 25.1. The van der Waals surface area contributed by atoms with Crippen molar-refractivity contribution in [1.82, 2.24) is 0 Å². The smallest absolute Gasteiger partial charge is 0.306 e. The van der Waals surface area contributed by atoms with E-state index in [4.69, 9.17) is 0 Å². The second-order valence-corrected chi connectivity index (χ2v) is 14.5. The molecule has 0 heterocycles. The first kappa shape index (κ1) is 24.5. The molecule has 5 aliphatic rings. The zero-order valence-corrected chi connectivity index (χ0v) is 22.4. The van der Waals surface area contributed by atoms with Crippen LogP contribution in [-0.4, -0.2) is 28.1 Å². The Labute approximate surface area is 206 Å². The van der Waals surface area contributed by atoms with Gasteiger partial charge in [0.05, 0.1) is 12.0 Å². The standard InChI is InChI=1S/C30H46O4/c1-17-18(25(33)34)16-23(32)28(5)14-15-29(6)19(24(17)28)8-9-21-27(4)12-11-22(31)26(2,3)20(27)10-13-30(21,29)7/h8,17-18,20-21,23-24,32H,9-16H2,1-7H3,(H,33,34)/t17-,18+,20-,21+,23-,24+,27-,28-,29+,30+/m0/s1. The number of Topliss-reactive ketones (excluding diaryl/α,β-unsaturated/α-hetero) is 1. The number of aliphatic hydroxyl groups excluding tert-OH is 1. The van der Waals surface area contributed by atoms with Crippen molar-refractivity contribution in [3.8, 4) is 0 Å². The molecule has 0 unspecified atom stereocenters. The zero-order chi connectivity index (χ0) is 25.1. The van der Waals surface area contributed by atoms with Gasteiger partial charge < -0.3 is 10.2 Å². The molecule has 0 saturated heterocycles. The molecule has 0 aliphatic heterocycles. The van der Waals surface area contributed by atoms with Crippen LogP contribution in [0.2, 0.25) is 0 Å². The predicted molar refractivity (Wildman–Crippen MR) is 133 cm³/mol. The normalized spacial score (nSPS) is 54.1. The van der Waals surface area contributed by atoms with E-state index in [0.29, 0.717) is 30.5 Å². The van der Waals surface area contributed by atoms with E-state index in [0.717, 1.165) is 38.5 Å². The van der Waals surface area contributed by atoms with Gasteiger partial charge in [-0.15, -0.1) is 0 Å². The van der Waals surface area contributed by atoms with E-state index in [1.165, 1.54) is 5.57 Å². The summed E-state index contributed by atoms with van der Waals surface area (Å²) in [6.45, 7) is 16.2. The number of allylic oxidation sites excluding steroid dienone is 2. The Bertz CT molecular complexity index is 949. The summed E-state index contributed by atoms with van der Waals surface area (Å²) >= 11 is 0. The number of ketones is 1. The number of rotatable bonds is 1. The highest BCUT2D eigenvalue weighted by molar-refractivity contribution is 5.85. The highest BCUT2D eigenvalue weighted by atomic mass is 16.4. The maximum atomic E-state index is 12.9. The first-order valence-electron chi connectivity index (χ1n) is 13.8. The van der Waals surface area contributed by atoms with E-state index in [9.17, 15) is 19.8 Å². The summed E-state index contributed by atoms with van der Waals surface area (Å²) in [5.74, 6) is 0.291. The van der Waals surface area contributed by atoms with Gasteiger partial charge in [-0.1, -0.05) is 60.1 Å². The lowest BCUT2D eigenvalue weighted by molar-refractivity contribution is -0.194. The largest absolute Gasteiger partial charge is 0.481 e. The Morgan fingerprint density at radius 2 is 1.65 bits per heavy atom. The molecule has 5 rings (SSSR count). The number of fused-ring (bicyclic) bond motifs is 7. The zero-order valence-electron chi connectivity index (χ0n) is 22.4. The van der Waals surface area contributed by atoms with E-state index in [1.807, 2.05) is 0 Å². The maximum Gasteiger partial charge on any atom is 0.306 e. The van der Waals surface area contributed by atoms with Crippen LogP contribution in [0.5, 0.6) is 0 Å². The number of hydrogen-bond donors (Lipinski definition) is 2. The number of hydrogen-bond acceptors (Lipinski definition) is 3. The SMILES string of the molecule is C[C@H]1[C@H](C(=O)O)C[C@H](O)[C@]2(C)CC[C@]3(C)C(=CC[C@@H]4[C@@]5(C)CCC(=O)C(C)(C)[C@@H]5CC[C@]43C)[C@@H]12. The summed E-state index contributed by atoms with van der Waals surface area (Å²) in [6.07, 6.45) is 9.26. The monoisotopic (exact) mass is 470 g/mol. The number of aliphatic carboxylic acids is 1. The lowest BCUT2D eigenvalue weighted by atomic mass is 9.33. The molecule has 34 heavy (non-hydrogen) atoms. The number of carboxylic acids is 1. The molecular formula is C30H46O4. The van der Waals surface area contributed by atoms with Crippen molar-refractivity contribution in [3.05, 3.63) is 11.6 Å². The molecule has 0 radical (unpaired) electrons. The van der Waals surface area contributed by atoms with Crippen LogP contribution in [0.1, 0.15) is 99.8 Å². The molecule has 4 heteroatoms. The van der Waals surface area contributed by atoms with Crippen molar-refractivity contribution < 1.29 is 19.8 Å². The highest BCUT2D eigenvalue weighted by Crippen LogP contribution is 2.75. The fourth-order valence-electron chi connectivity index (χ4n) is 10.8. The predicted octanol–water partition coefficient (Wildman–Crippen LogP) is 6.27. The summed E-state index contributed by atoms with van der Waals surface area (Å²) < 4.78 is 0. The Hall–Kier alpha value is -1.16. The molecule has 0 bridgehead atoms. The van der Waals surface area contributed by atoms with Gasteiger partial charge in [0.2, 0.25) is 0 Å². The third-order valence-corrected chi connectivity index (χ3v) is 13.2. The van der Waals surface area contributed by atoms with Gasteiger partial charge in [0, 0.05) is 17.3 Å². The molecule has 2 N–H and O–H groups in total. The van der Waals surface area contributed by atoms with Crippen molar-refractivity contribution in [2.24, 2.45) is 56.7 Å². The summed E-state index contributed by atoms with van der Waals surface area (Å²) in [5, 5.41) is 21.2. The van der Waals surface area contributed by atoms with Crippen LogP contribution in [0.3, 0.4) is 0 Å². The van der Waals surface area contributed by atoms with Gasteiger partial charge in [-0.25, -0.2) is 0 Å². The molecule has 0 aromatic carbocycles. The van der Waals surface area contributed by atoms with Crippen LogP contribution in [0, 0.1) is 56.7 Å². The fourth-order valence-corrected chi connectivity index (χ4v) is 10.8. The van der Waals surface area contributed by atoms with E-state index in [2.05, 4.69) is 54.5 Å². The lowest BCUT2D eigenvalue weighted by Crippen LogP contribution is -2.65. The van der Waals surface area contributed by atoms with Crippen LogP contribution in [0.15, 0.2) is 11.6 Å². The Balaban J connectivity index is 1.60. The number of carbonyl (C=O) groups is 2. The lowest BCUT2D eigenvalue weighted by Gasteiger charge is -2.71. The molecule has 4 fully saturated rings.